The Labute approximate surface area is 129 Å². The van der Waals surface area contributed by atoms with Crippen LogP contribution in [0, 0.1) is 16.7 Å². The van der Waals surface area contributed by atoms with E-state index in [0.717, 1.165) is 5.92 Å². The van der Waals surface area contributed by atoms with E-state index in [1.165, 1.54) is 38.5 Å². The minimum atomic E-state index is 0.458. The normalized spacial score (nSPS) is 40.2. The van der Waals surface area contributed by atoms with Crippen LogP contribution >= 0.6 is 0 Å². The maximum atomic E-state index is 4.14. The first-order chi connectivity index (χ1) is 10.0. The number of nitrogens with one attached hydrogen (secondary N) is 1. The number of fused-ring (bicyclic) bond motifs is 3. The van der Waals surface area contributed by atoms with Crippen molar-refractivity contribution in [2.75, 3.05) is 0 Å². The molecular formula is C20H29N. The smallest absolute Gasteiger partial charge is 0.0325 e. The molecule has 0 radical (unpaired) electrons. The minimum absolute atomic E-state index is 0.458. The molecule has 1 N–H and O–H groups in total. The standard InChI is InChI=1S/C20H29N/c1-19(2)15-11-12-20(3,13-15)18(19)21-17-10-6-8-14-7-4-5-9-16(14)17/h4-5,7,9,15,17-18,21H,6,8,10-13H2,1-3H3/t15-,17?,18?,20+/m0/s1. The summed E-state index contributed by atoms with van der Waals surface area (Å²) in [6.45, 7) is 7.55. The second-order valence-electron chi connectivity index (χ2n) is 8.66. The Balaban J connectivity index is 1.62. The van der Waals surface area contributed by atoms with Crippen LogP contribution < -0.4 is 5.32 Å². The molecule has 1 nitrogen and oxygen atoms in total. The maximum absolute atomic E-state index is 4.14. The first-order valence-corrected chi connectivity index (χ1v) is 8.84. The van der Waals surface area contributed by atoms with Gasteiger partial charge < -0.3 is 5.32 Å². The number of hydrogen-bond donors (Lipinski definition) is 1. The van der Waals surface area contributed by atoms with E-state index < -0.39 is 0 Å². The fourth-order valence-corrected chi connectivity index (χ4v) is 5.85. The first kappa shape index (κ1) is 13.8. The van der Waals surface area contributed by atoms with Crippen molar-refractivity contribution in [3.05, 3.63) is 35.4 Å². The molecular weight excluding hydrogens is 254 g/mol. The summed E-state index contributed by atoms with van der Waals surface area (Å²) >= 11 is 0. The zero-order valence-corrected chi connectivity index (χ0v) is 13.8. The molecule has 0 spiro atoms. The van der Waals surface area contributed by atoms with Gasteiger partial charge in [-0.15, -0.1) is 0 Å². The van der Waals surface area contributed by atoms with Crippen molar-refractivity contribution < 1.29 is 0 Å². The van der Waals surface area contributed by atoms with E-state index in [4.69, 9.17) is 0 Å². The van der Waals surface area contributed by atoms with Crippen molar-refractivity contribution in [1.29, 1.82) is 0 Å². The Hall–Kier alpha value is -0.820. The molecule has 4 atom stereocenters. The van der Waals surface area contributed by atoms with Crippen LogP contribution in [0.4, 0.5) is 0 Å². The third kappa shape index (κ3) is 2.00. The summed E-state index contributed by atoms with van der Waals surface area (Å²) in [5.41, 5.74) is 4.14. The summed E-state index contributed by atoms with van der Waals surface area (Å²) in [5.74, 6) is 0.929. The van der Waals surface area contributed by atoms with Crippen LogP contribution in [0.2, 0.25) is 0 Å². The molecule has 1 heteroatoms. The lowest BCUT2D eigenvalue weighted by Gasteiger charge is -2.46. The number of hydrogen-bond acceptors (Lipinski definition) is 1. The monoisotopic (exact) mass is 283 g/mol. The summed E-state index contributed by atoms with van der Waals surface area (Å²) in [4.78, 5) is 0. The molecule has 2 fully saturated rings. The molecule has 21 heavy (non-hydrogen) atoms. The highest BCUT2D eigenvalue weighted by atomic mass is 15.0. The molecule has 3 aliphatic carbocycles. The highest BCUT2D eigenvalue weighted by molar-refractivity contribution is 5.32. The predicted octanol–water partition coefficient (Wildman–Crippen LogP) is 4.87. The molecule has 0 saturated heterocycles. The van der Waals surface area contributed by atoms with Gasteiger partial charge >= 0.3 is 0 Å². The van der Waals surface area contributed by atoms with Crippen LogP contribution in [0.15, 0.2) is 24.3 Å². The topological polar surface area (TPSA) is 12.0 Å². The second kappa shape index (κ2) is 4.59. The molecule has 1 aromatic carbocycles. The lowest BCUT2D eigenvalue weighted by atomic mass is 9.68. The summed E-state index contributed by atoms with van der Waals surface area (Å²) in [6, 6.07) is 10.4. The Morgan fingerprint density at radius 1 is 1.10 bits per heavy atom. The summed E-state index contributed by atoms with van der Waals surface area (Å²) in [7, 11) is 0. The van der Waals surface area contributed by atoms with Crippen molar-refractivity contribution in [3.8, 4) is 0 Å². The van der Waals surface area contributed by atoms with Gasteiger partial charge in [-0.1, -0.05) is 45.0 Å². The molecule has 4 rings (SSSR count). The van der Waals surface area contributed by atoms with Crippen molar-refractivity contribution in [2.45, 2.75) is 71.4 Å². The molecule has 2 unspecified atom stereocenters. The molecule has 0 heterocycles. The molecule has 2 saturated carbocycles. The van der Waals surface area contributed by atoms with E-state index in [9.17, 15) is 0 Å². The van der Waals surface area contributed by atoms with Gasteiger partial charge in [-0.05, 0) is 66.4 Å². The van der Waals surface area contributed by atoms with Crippen molar-refractivity contribution in [3.63, 3.8) is 0 Å². The zero-order chi connectivity index (χ0) is 14.7. The van der Waals surface area contributed by atoms with Gasteiger partial charge in [-0.3, -0.25) is 0 Å². The first-order valence-electron chi connectivity index (χ1n) is 8.84. The van der Waals surface area contributed by atoms with Crippen molar-refractivity contribution in [2.24, 2.45) is 16.7 Å². The molecule has 1 aromatic rings. The van der Waals surface area contributed by atoms with E-state index in [1.807, 2.05) is 0 Å². The van der Waals surface area contributed by atoms with Crippen LogP contribution in [0.5, 0.6) is 0 Å². The molecule has 3 aliphatic rings. The summed E-state index contributed by atoms with van der Waals surface area (Å²) in [6.07, 6.45) is 8.22. The van der Waals surface area contributed by atoms with Gasteiger partial charge in [0.1, 0.15) is 0 Å². The number of rotatable bonds is 2. The van der Waals surface area contributed by atoms with Gasteiger partial charge in [0.2, 0.25) is 0 Å². The Morgan fingerprint density at radius 3 is 2.67 bits per heavy atom. The minimum Gasteiger partial charge on any atom is -0.306 e. The molecule has 0 amide bonds. The zero-order valence-electron chi connectivity index (χ0n) is 13.8. The van der Waals surface area contributed by atoms with Crippen molar-refractivity contribution in [1.82, 2.24) is 5.32 Å². The third-order valence-electron chi connectivity index (χ3n) is 7.01. The van der Waals surface area contributed by atoms with E-state index in [-0.39, 0.29) is 0 Å². The van der Waals surface area contributed by atoms with E-state index >= 15 is 0 Å². The van der Waals surface area contributed by atoms with Gasteiger partial charge in [0.15, 0.2) is 0 Å². The maximum Gasteiger partial charge on any atom is 0.0325 e. The Morgan fingerprint density at radius 2 is 1.90 bits per heavy atom. The highest BCUT2D eigenvalue weighted by Crippen LogP contribution is 2.62. The summed E-state index contributed by atoms with van der Waals surface area (Å²) in [5, 5.41) is 4.14. The quantitative estimate of drug-likeness (QED) is 0.816. The van der Waals surface area contributed by atoms with Crippen LogP contribution in [-0.4, -0.2) is 6.04 Å². The average Bonchev–Trinajstić information content (AvgIpc) is 2.95. The van der Waals surface area contributed by atoms with Crippen molar-refractivity contribution >= 4 is 0 Å². The largest absolute Gasteiger partial charge is 0.306 e. The Kier molecular flexibility index (Phi) is 3.02. The SMILES string of the molecule is CC1(C)C(NC2CCCc3ccccc32)[C@]2(C)CC[C@H]1C2. The Bertz CT molecular complexity index is 542. The molecule has 114 valence electrons. The van der Waals surface area contributed by atoms with E-state index in [2.05, 4.69) is 50.4 Å². The highest BCUT2D eigenvalue weighted by Gasteiger charge is 2.59. The fraction of sp³-hybridized carbons (Fsp3) is 0.700. The number of aryl methyl sites for hydroxylation is 1. The molecule has 2 bridgehead atoms. The molecule has 0 aromatic heterocycles. The van der Waals surface area contributed by atoms with Gasteiger partial charge in [-0.25, -0.2) is 0 Å². The van der Waals surface area contributed by atoms with Crippen LogP contribution in [0.3, 0.4) is 0 Å². The van der Waals surface area contributed by atoms with Crippen LogP contribution in [0.25, 0.3) is 0 Å². The van der Waals surface area contributed by atoms with Crippen LogP contribution in [-0.2, 0) is 6.42 Å². The average molecular weight is 283 g/mol. The lowest BCUT2D eigenvalue weighted by molar-refractivity contribution is 0.0957. The summed E-state index contributed by atoms with van der Waals surface area (Å²) < 4.78 is 0. The fourth-order valence-electron chi connectivity index (χ4n) is 5.85. The van der Waals surface area contributed by atoms with E-state index in [1.54, 1.807) is 11.1 Å². The third-order valence-corrected chi connectivity index (χ3v) is 7.01. The van der Waals surface area contributed by atoms with E-state index in [0.29, 0.717) is 22.9 Å². The van der Waals surface area contributed by atoms with Gasteiger partial charge in [0, 0.05) is 12.1 Å². The van der Waals surface area contributed by atoms with Gasteiger partial charge in [0.05, 0.1) is 0 Å². The predicted molar refractivity (Wildman–Crippen MR) is 88.3 cm³/mol. The second-order valence-corrected chi connectivity index (χ2v) is 8.66. The number of benzene rings is 1. The van der Waals surface area contributed by atoms with Gasteiger partial charge in [-0.2, -0.15) is 0 Å². The lowest BCUT2D eigenvalue weighted by Crippen LogP contribution is -2.51. The van der Waals surface area contributed by atoms with Crippen LogP contribution in [0.1, 0.15) is 70.0 Å². The van der Waals surface area contributed by atoms with Gasteiger partial charge in [0.25, 0.3) is 0 Å². The molecule has 0 aliphatic heterocycles.